The van der Waals surface area contributed by atoms with E-state index in [1.54, 1.807) is 45.0 Å². The van der Waals surface area contributed by atoms with Crippen LogP contribution < -0.4 is 16.4 Å². The average Bonchev–Trinajstić information content (AvgIpc) is 2.64. The molecule has 0 bridgehead atoms. The molecule has 0 aliphatic heterocycles. The fraction of sp³-hybridized carbons (Fsp3) is 0.450. The van der Waals surface area contributed by atoms with E-state index >= 15 is 0 Å². The van der Waals surface area contributed by atoms with Gasteiger partial charge in [0.2, 0.25) is 0 Å². The number of amides is 2. The van der Waals surface area contributed by atoms with E-state index < -0.39 is 14.6 Å². The predicted octanol–water partition coefficient (Wildman–Crippen LogP) is 3.07. The number of nitrogen functional groups attached to an aromatic ring is 1. The molecule has 8 nitrogen and oxygen atoms in total. The highest BCUT2D eigenvalue weighted by Gasteiger charge is 2.36. The number of hydrogen-bond acceptors (Lipinski definition) is 6. The molecule has 0 spiro atoms. The van der Waals surface area contributed by atoms with Gasteiger partial charge in [-0.05, 0) is 57.4 Å². The molecule has 1 aromatic heterocycles. The average molecular weight is 418 g/mol. The number of nitrogens with zero attached hydrogens (tertiary/aromatic N) is 2. The van der Waals surface area contributed by atoms with Crippen LogP contribution in [0, 0.1) is 0 Å². The second-order valence-corrected chi connectivity index (χ2v) is 10.5. The fourth-order valence-corrected chi connectivity index (χ4v) is 4.18. The zero-order valence-electron chi connectivity index (χ0n) is 16.9. The second kappa shape index (κ2) is 7.98. The Kier molecular flexibility index (Phi) is 5.79. The van der Waals surface area contributed by atoms with E-state index in [9.17, 15) is 13.2 Å². The van der Waals surface area contributed by atoms with Crippen molar-refractivity contribution in [1.29, 1.82) is 0 Å². The number of anilines is 2. The Bertz CT molecular complexity index is 999. The number of sulfone groups is 1. The van der Waals surface area contributed by atoms with Crippen LogP contribution >= 0.6 is 0 Å². The van der Waals surface area contributed by atoms with Crippen LogP contribution in [0.4, 0.5) is 16.3 Å². The van der Waals surface area contributed by atoms with Crippen LogP contribution in [0.15, 0.2) is 30.3 Å². The molecule has 1 aliphatic rings. The zero-order valence-corrected chi connectivity index (χ0v) is 17.7. The van der Waals surface area contributed by atoms with Crippen LogP contribution in [0.2, 0.25) is 0 Å². The number of urea groups is 1. The Morgan fingerprint density at radius 2 is 1.86 bits per heavy atom. The third kappa shape index (κ3) is 4.50. The molecule has 9 heteroatoms. The fourth-order valence-electron chi connectivity index (χ4n) is 3.03. The van der Waals surface area contributed by atoms with Gasteiger partial charge in [0.05, 0.1) is 5.69 Å². The Balaban J connectivity index is 1.81. The Hall–Kier alpha value is -2.68. The molecule has 0 unspecified atom stereocenters. The van der Waals surface area contributed by atoms with Crippen molar-refractivity contribution in [1.82, 2.24) is 15.3 Å². The molecule has 156 valence electrons. The van der Waals surface area contributed by atoms with Crippen molar-refractivity contribution >= 4 is 27.4 Å². The largest absolute Gasteiger partial charge is 0.384 e. The van der Waals surface area contributed by atoms with Gasteiger partial charge < -0.3 is 16.4 Å². The maximum absolute atomic E-state index is 12.5. The predicted molar refractivity (Wildman–Crippen MR) is 114 cm³/mol. The SMILES string of the molecule is CCS(=O)(=O)C(C)(C)c1cc(N)nc(-c2ccc(NC(=O)NC3CCC3)cc2)n1. The van der Waals surface area contributed by atoms with Gasteiger partial charge in [0.15, 0.2) is 15.7 Å². The van der Waals surface area contributed by atoms with E-state index in [1.807, 2.05) is 0 Å². The van der Waals surface area contributed by atoms with Crippen molar-refractivity contribution in [3.63, 3.8) is 0 Å². The third-order valence-corrected chi connectivity index (χ3v) is 7.89. The first-order chi connectivity index (χ1) is 13.6. The lowest BCUT2D eigenvalue weighted by molar-refractivity contribution is 0.240. The van der Waals surface area contributed by atoms with Crippen LogP contribution in [0.1, 0.15) is 45.7 Å². The maximum Gasteiger partial charge on any atom is 0.319 e. The van der Waals surface area contributed by atoms with Crippen molar-refractivity contribution in [2.45, 2.75) is 50.8 Å². The first kappa shape index (κ1) is 21.0. The molecule has 1 fully saturated rings. The van der Waals surface area contributed by atoms with Gasteiger partial charge in [-0.1, -0.05) is 6.92 Å². The number of carbonyl (C=O) groups excluding carboxylic acids is 1. The number of aromatic nitrogens is 2. The molecule has 3 rings (SSSR count). The molecule has 1 aliphatic carbocycles. The maximum atomic E-state index is 12.5. The summed E-state index contributed by atoms with van der Waals surface area (Å²) in [7, 11) is -3.39. The van der Waals surface area contributed by atoms with E-state index in [2.05, 4.69) is 20.6 Å². The summed E-state index contributed by atoms with van der Waals surface area (Å²) in [6, 6.07) is 8.55. The molecule has 0 radical (unpaired) electrons. The minimum absolute atomic E-state index is 0.00251. The minimum Gasteiger partial charge on any atom is -0.384 e. The van der Waals surface area contributed by atoms with Crippen molar-refractivity contribution in [3.05, 3.63) is 36.0 Å². The second-order valence-electron chi connectivity index (χ2n) is 7.72. The van der Waals surface area contributed by atoms with Crippen LogP contribution in [-0.2, 0) is 14.6 Å². The standard InChI is InChI=1S/C20H27N5O3S/c1-4-29(27,28)20(2,3)16-12-17(21)25-18(24-16)13-8-10-15(11-9-13)23-19(26)22-14-6-5-7-14/h8-12,14H,4-7H2,1-3H3,(H2,21,24,25)(H2,22,23,26). The van der Waals surface area contributed by atoms with Gasteiger partial charge in [-0.2, -0.15) is 0 Å². The van der Waals surface area contributed by atoms with Gasteiger partial charge in [-0.3, -0.25) is 0 Å². The van der Waals surface area contributed by atoms with Gasteiger partial charge in [-0.25, -0.2) is 23.2 Å². The van der Waals surface area contributed by atoms with Crippen molar-refractivity contribution in [3.8, 4) is 11.4 Å². The summed E-state index contributed by atoms with van der Waals surface area (Å²) < 4.78 is 23.8. The number of nitrogens with two attached hydrogens (primary N) is 1. The molecule has 2 aromatic rings. The van der Waals surface area contributed by atoms with Crippen molar-refractivity contribution < 1.29 is 13.2 Å². The van der Waals surface area contributed by atoms with E-state index in [0.717, 1.165) is 19.3 Å². The molecule has 1 heterocycles. The molecular weight excluding hydrogens is 390 g/mol. The lowest BCUT2D eigenvalue weighted by Crippen LogP contribution is -2.41. The van der Waals surface area contributed by atoms with Gasteiger partial charge >= 0.3 is 6.03 Å². The molecule has 1 aromatic carbocycles. The van der Waals surface area contributed by atoms with Crippen LogP contribution in [0.3, 0.4) is 0 Å². The van der Waals surface area contributed by atoms with E-state index in [4.69, 9.17) is 5.73 Å². The lowest BCUT2D eigenvalue weighted by atomic mass is 9.93. The Morgan fingerprint density at radius 3 is 2.41 bits per heavy atom. The number of nitrogens with one attached hydrogen (secondary N) is 2. The number of benzene rings is 1. The third-order valence-electron chi connectivity index (χ3n) is 5.36. The summed E-state index contributed by atoms with van der Waals surface area (Å²) in [5, 5.41) is 5.71. The molecule has 4 N–H and O–H groups in total. The topological polar surface area (TPSA) is 127 Å². The number of hydrogen-bond donors (Lipinski definition) is 3. The van der Waals surface area contributed by atoms with E-state index in [1.165, 1.54) is 6.07 Å². The summed E-state index contributed by atoms with van der Waals surface area (Å²) in [6.45, 7) is 4.84. The van der Waals surface area contributed by atoms with Crippen LogP contribution in [-0.4, -0.2) is 36.2 Å². The molecule has 0 saturated heterocycles. The van der Waals surface area contributed by atoms with E-state index in [0.29, 0.717) is 22.8 Å². The summed E-state index contributed by atoms with van der Waals surface area (Å²) in [5.41, 5.74) is 7.60. The first-order valence-electron chi connectivity index (χ1n) is 9.67. The van der Waals surface area contributed by atoms with Gasteiger partial charge in [0, 0.05) is 29.1 Å². The molecule has 0 atom stereocenters. The lowest BCUT2D eigenvalue weighted by Gasteiger charge is -2.26. The summed E-state index contributed by atoms with van der Waals surface area (Å²) >= 11 is 0. The monoisotopic (exact) mass is 417 g/mol. The Morgan fingerprint density at radius 1 is 1.21 bits per heavy atom. The summed E-state index contributed by atoms with van der Waals surface area (Å²) in [4.78, 5) is 20.7. The smallest absolute Gasteiger partial charge is 0.319 e. The Labute approximate surface area is 171 Å². The van der Waals surface area contributed by atoms with Crippen molar-refractivity contribution in [2.75, 3.05) is 16.8 Å². The highest BCUT2D eigenvalue weighted by molar-refractivity contribution is 7.92. The highest BCUT2D eigenvalue weighted by Crippen LogP contribution is 2.31. The number of rotatable bonds is 6. The molecule has 2 amide bonds. The summed E-state index contributed by atoms with van der Waals surface area (Å²) in [5.74, 6) is 0.541. The van der Waals surface area contributed by atoms with Gasteiger partial charge in [0.1, 0.15) is 10.6 Å². The number of carbonyl (C=O) groups is 1. The first-order valence-corrected chi connectivity index (χ1v) is 11.3. The highest BCUT2D eigenvalue weighted by atomic mass is 32.2. The molecule has 1 saturated carbocycles. The molecular formula is C20H27N5O3S. The molecule has 29 heavy (non-hydrogen) atoms. The normalized spacial score (nSPS) is 14.9. The van der Waals surface area contributed by atoms with Crippen LogP contribution in [0.25, 0.3) is 11.4 Å². The van der Waals surface area contributed by atoms with E-state index in [-0.39, 0.29) is 23.6 Å². The van der Waals surface area contributed by atoms with Crippen molar-refractivity contribution in [2.24, 2.45) is 0 Å². The van der Waals surface area contributed by atoms with Crippen LogP contribution in [0.5, 0.6) is 0 Å². The summed E-state index contributed by atoms with van der Waals surface area (Å²) in [6.07, 6.45) is 3.19. The zero-order chi connectivity index (χ0) is 21.2. The van der Waals surface area contributed by atoms with Gasteiger partial charge in [-0.15, -0.1) is 0 Å². The van der Waals surface area contributed by atoms with Gasteiger partial charge in [0.25, 0.3) is 0 Å². The quantitative estimate of drug-likeness (QED) is 0.663. The minimum atomic E-state index is -3.39.